The molecule has 4 heteroatoms. The molecule has 0 saturated carbocycles. The number of ether oxygens (including phenoxy) is 2. The first-order valence-corrected chi connectivity index (χ1v) is 5.45. The first-order chi connectivity index (χ1) is 8.13. The van der Waals surface area contributed by atoms with E-state index in [1.165, 1.54) is 0 Å². The van der Waals surface area contributed by atoms with E-state index in [0.29, 0.717) is 0 Å². The summed E-state index contributed by atoms with van der Waals surface area (Å²) in [5, 5.41) is 0. The van der Waals surface area contributed by atoms with Crippen LogP contribution < -0.4 is 20.7 Å². The maximum absolute atomic E-state index is 5.60. The SMILES string of the molecule is C=C(C)CC(NN)c1c(OC)cccc1OC. The molecular formula is C13H20N2O2. The van der Waals surface area contributed by atoms with Crippen molar-refractivity contribution in [3.8, 4) is 11.5 Å². The van der Waals surface area contributed by atoms with Crippen molar-refractivity contribution in [3.63, 3.8) is 0 Å². The molecule has 4 nitrogen and oxygen atoms in total. The van der Waals surface area contributed by atoms with Gasteiger partial charge in [-0.3, -0.25) is 11.3 Å². The average Bonchev–Trinajstić information content (AvgIpc) is 2.34. The van der Waals surface area contributed by atoms with Gasteiger partial charge in [0.1, 0.15) is 11.5 Å². The van der Waals surface area contributed by atoms with Gasteiger partial charge in [0.25, 0.3) is 0 Å². The first kappa shape index (κ1) is 13.5. The van der Waals surface area contributed by atoms with E-state index in [0.717, 1.165) is 29.1 Å². The maximum Gasteiger partial charge on any atom is 0.127 e. The monoisotopic (exact) mass is 236 g/mol. The van der Waals surface area contributed by atoms with Gasteiger partial charge in [0.15, 0.2) is 0 Å². The number of hydrogen-bond donors (Lipinski definition) is 2. The van der Waals surface area contributed by atoms with E-state index in [-0.39, 0.29) is 6.04 Å². The van der Waals surface area contributed by atoms with E-state index in [1.54, 1.807) is 14.2 Å². The van der Waals surface area contributed by atoms with Crippen LogP contribution in [0.2, 0.25) is 0 Å². The van der Waals surface area contributed by atoms with E-state index in [9.17, 15) is 0 Å². The second-order valence-corrected chi connectivity index (χ2v) is 3.96. The lowest BCUT2D eigenvalue weighted by molar-refractivity contribution is 0.370. The largest absolute Gasteiger partial charge is 0.496 e. The highest BCUT2D eigenvalue weighted by atomic mass is 16.5. The van der Waals surface area contributed by atoms with Crippen LogP contribution in [0.25, 0.3) is 0 Å². The Morgan fingerprint density at radius 3 is 2.24 bits per heavy atom. The van der Waals surface area contributed by atoms with Crippen molar-refractivity contribution >= 4 is 0 Å². The van der Waals surface area contributed by atoms with Gasteiger partial charge in [0.2, 0.25) is 0 Å². The van der Waals surface area contributed by atoms with Crippen LogP contribution in [-0.4, -0.2) is 14.2 Å². The summed E-state index contributed by atoms with van der Waals surface area (Å²) < 4.78 is 10.7. The number of hydrazine groups is 1. The molecule has 94 valence electrons. The number of hydrogen-bond acceptors (Lipinski definition) is 4. The van der Waals surface area contributed by atoms with Crippen molar-refractivity contribution < 1.29 is 9.47 Å². The van der Waals surface area contributed by atoms with Gasteiger partial charge in [-0.15, -0.1) is 6.58 Å². The highest BCUT2D eigenvalue weighted by Gasteiger charge is 2.19. The van der Waals surface area contributed by atoms with Gasteiger partial charge >= 0.3 is 0 Å². The highest BCUT2D eigenvalue weighted by Crippen LogP contribution is 2.36. The minimum Gasteiger partial charge on any atom is -0.496 e. The Kier molecular flexibility index (Phi) is 5.00. The van der Waals surface area contributed by atoms with Gasteiger partial charge < -0.3 is 9.47 Å². The summed E-state index contributed by atoms with van der Waals surface area (Å²) in [7, 11) is 3.26. The van der Waals surface area contributed by atoms with Crippen LogP contribution in [0.15, 0.2) is 30.4 Å². The quantitative estimate of drug-likeness (QED) is 0.451. The molecular weight excluding hydrogens is 216 g/mol. The van der Waals surface area contributed by atoms with E-state index < -0.39 is 0 Å². The molecule has 0 bridgehead atoms. The minimum atomic E-state index is -0.0707. The van der Waals surface area contributed by atoms with Crippen molar-refractivity contribution in [2.24, 2.45) is 5.84 Å². The maximum atomic E-state index is 5.60. The highest BCUT2D eigenvalue weighted by molar-refractivity contribution is 5.47. The minimum absolute atomic E-state index is 0.0707. The molecule has 1 aromatic rings. The normalized spacial score (nSPS) is 12.0. The molecule has 0 aliphatic heterocycles. The van der Waals surface area contributed by atoms with Crippen molar-refractivity contribution in [2.45, 2.75) is 19.4 Å². The Labute approximate surface area is 102 Å². The standard InChI is InChI=1S/C13H20N2O2/c1-9(2)8-10(15-14)13-11(16-3)6-5-7-12(13)17-4/h5-7,10,15H,1,8,14H2,2-4H3. The fourth-order valence-electron chi connectivity index (χ4n) is 1.82. The molecule has 0 spiro atoms. The van der Waals surface area contributed by atoms with Gasteiger partial charge in [-0.2, -0.15) is 0 Å². The zero-order valence-electron chi connectivity index (χ0n) is 10.6. The number of nitrogens with one attached hydrogen (secondary N) is 1. The van der Waals surface area contributed by atoms with Crippen LogP contribution in [0, 0.1) is 0 Å². The third kappa shape index (κ3) is 3.22. The Morgan fingerprint density at radius 2 is 1.88 bits per heavy atom. The summed E-state index contributed by atoms with van der Waals surface area (Å²) in [6.07, 6.45) is 0.729. The molecule has 17 heavy (non-hydrogen) atoms. The summed E-state index contributed by atoms with van der Waals surface area (Å²) in [6, 6.07) is 5.59. The molecule has 0 radical (unpaired) electrons. The van der Waals surface area contributed by atoms with Crippen LogP contribution in [0.1, 0.15) is 24.9 Å². The van der Waals surface area contributed by atoms with Crippen molar-refractivity contribution in [2.75, 3.05) is 14.2 Å². The van der Waals surface area contributed by atoms with Crippen molar-refractivity contribution in [3.05, 3.63) is 35.9 Å². The summed E-state index contributed by atoms with van der Waals surface area (Å²) in [5.41, 5.74) is 4.74. The smallest absolute Gasteiger partial charge is 0.127 e. The zero-order chi connectivity index (χ0) is 12.8. The second-order valence-electron chi connectivity index (χ2n) is 3.96. The molecule has 0 saturated heterocycles. The third-order valence-electron chi connectivity index (χ3n) is 2.57. The molecule has 0 amide bonds. The Bertz CT molecular complexity index is 369. The molecule has 0 heterocycles. The molecule has 0 aromatic heterocycles. The van der Waals surface area contributed by atoms with Gasteiger partial charge in [0.05, 0.1) is 25.8 Å². The topological polar surface area (TPSA) is 56.5 Å². The van der Waals surface area contributed by atoms with E-state index in [1.807, 2.05) is 25.1 Å². The predicted octanol–water partition coefficient (Wildman–Crippen LogP) is 2.17. The van der Waals surface area contributed by atoms with Crippen LogP contribution in [-0.2, 0) is 0 Å². The van der Waals surface area contributed by atoms with Crippen LogP contribution in [0.3, 0.4) is 0 Å². The lowest BCUT2D eigenvalue weighted by atomic mass is 9.99. The zero-order valence-corrected chi connectivity index (χ0v) is 10.6. The van der Waals surface area contributed by atoms with Gasteiger partial charge in [-0.1, -0.05) is 11.6 Å². The van der Waals surface area contributed by atoms with Crippen LogP contribution >= 0.6 is 0 Å². The van der Waals surface area contributed by atoms with Crippen LogP contribution in [0.4, 0.5) is 0 Å². The molecule has 0 aliphatic carbocycles. The van der Waals surface area contributed by atoms with Gasteiger partial charge in [-0.05, 0) is 25.5 Å². The molecule has 0 fully saturated rings. The lowest BCUT2D eigenvalue weighted by Crippen LogP contribution is -2.28. The predicted molar refractivity (Wildman–Crippen MR) is 69.0 cm³/mol. The van der Waals surface area contributed by atoms with Crippen molar-refractivity contribution in [1.29, 1.82) is 0 Å². The van der Waals surface area contributed by atoms with Crippen molar-refractivity contribution in [1.82, 2.24) is 5.43 Å². The van der Waals surface area contributed by atoms with Gasteiger partial charge in [-0.25, -0.2) is 0 Å². The van der Waals surface area contributed by atoms with E-state index in [2.05, 4.69) is 12.0 Å². The summed E-state index contributed by atoms with van der Waals surface area (Å²) in [5.74, 6) is 7.11. The van der Waals surface area contributed by atoms with E-state index in [4.69, 9.17) is 15.3 Å². The Balaban J connectivity index is 3.18. The Morgan fingerprint density at radius 1 is 1.35 bits per heavy atom. The number of methoxy groups -OCH3 is 2. The molecule has 3 N–H and O–H groups in total. The van der Waals surface area contributed by atoms with Crippen LogP contribution in [0.5, 0.6) is 11.5 Å². The number of rotatable bonds is 6. The molecule has 1 rings (SSSR count). The number of nitrogens with two attached hydrogens (primary N) is 1. The third-order valence-corrected chi connectivity index (χ3v) is 2.57. The fraction of sp³-hybridized carbons (Fsp3) is 0.385. The molecule has 0 aliphatic rings. The summed E-state index contributed by atoms with van der Waals surface area (Å²) in [4.78, 5) is 0. The Hall–Kier alpha value is -1.52. The fourth-order valence-corrected chi connectivity index (χ4v) is 1.82. The first-order valence-electron chi connectivity index (χ1n) is 5.45. The lowest BCUT2D eigenvalue weighted by Gasteiger charge is -2.21. The average molecular weight is 236 g/mol. The van der Waals surface area contributed by atoms with Gasteiger partial charge in [0, 0.05) is 0 Å². The van der Waals surface area contributed by atoms with E-state index >= 15 is 0 Å². The second kappa shape index (κ2) is 6.27. The molecule has 1 atom stereocenters. The number of benzene rings is 1. The molecule has 1 unspecified atom stereocenters. The summed E-state index contributed by atoms with van der Waals surface area (Å²) >= 11 is 0. The molecule has 1 aromatic carbocycles. The summed E-state index contributed by atoms with van der Waals surface area (Å²) in [6.45, 7) is 5.87.